The van der Waals surface area contributed by atoms with Crippen molar-refractivity contribution in [2.24, 2.45) is 5.92 Å². The van der Waals surface area contributed by atoms with Crippen LogP contribution in [0.5, 0.6) is 0 Å². The Hall–Kier alpha value is -1.35. The fraction of sp³-hybridized carbons (Fsp3) is 0.500. The molecule has 2 heterocycles. The van der Waals surface area contributed by atoms with Crippen molar-refractivity contribution in [1.29, 1.82) is 0 Å². The van der Waals surface area contributed by atoms with Crippen LogP contribution in [0.3, 0.4) is 0 Å². The lowest BCUT2D eigenvalue weighted by Gasteiger charge is -2.05. The van der Waals surface area contributed by atoms with Gasteiger partial charge in [0.1, 0.15) is 5.82 Å². The average molecular weight is 229 g/mol. The van der Waals surface area contributed by atoms with Gasteiger partial charge in [0.15, 0.2) is 0 Å². The van der Waals surface area contributed by atoms with Gasteiger partial charge in [0, 0.05) is 6.42 Å². The van der Waals surface area contributed by atoms with Gasteiger partial charge in [-0.2, -0.15) is 0 Å². The molecule has 3 heteroatoms. The van der Waals surface area contributed by atoms with Gasteiger partial charge in [0.05, 0.1) is 11.0 Å². The summed E-state index contributed by atoms with van der Waals surface area (Å²) in [6.07, 6.45) is 3.63. The van der Waals surface area contributed by atoms with Gasteiger partial charge < -0.3 is 10.3 Å². The van der Waals surface area contributed by atoms with E-state index in [0.717, 1.165) is 23.7 Å². The van der Waals surface area contributed by atoms with Crippen LogP contribution in [0.15, 0.2) is 18.2 Å². The monoisotopic (exact) mass is 229 g/mol. The molecular formula is C14H19N3. The van der Waals surface area contributed by atoms with E-state index in [0.29, 0.717) is 0 Å². The molecule has 2 aromatic rings. The van der Waals surface area contributed by atoms with Crippen LogP contribution >= 0.6 is 0 Å². The first-order valence-electron chi connectivity index (χ1n) is 6.48. The second-order valence-electron chi connectivity index (χ2n) is 5.05. The maximum absolute atomic E-state index is 4.70. The summed E-state index contributed by atoms with van der Waals surface area (Å²) in [6.45, 7) is 4.48. The number of hydrogen-bond acceptors (Lipinski definition) is 2. The van der Waals surface area contributed by atoms with Gasteiger partial charge in [-0.1, -0.05) is 12.1 Å². The van der Waals surface area contributed by atoms with E-state index < -0.39 is 0 Å². The van der Waals surface area contributed by atoms with Gasteiger partial charge in [-0.15, -0.1) is 0 Å². The lowest BCUT2D eigenvalue weighted by Crippen LogP contribution is -2.09. The van der Waals surface area contributed by atoms with Crippen molar-refractivity contribution in [2.45, 2.75) is 26.2 Å². The van der Waals surface area contributed by atoms with E-state index in [2.05, 4.69) is 35.4 Å². The summed E-state index contributed by atoms with van der Waals surface area (Å²) in [5, 5.41) is 3.41. The first kappa shape index (κ1) is 10.8. The Morgan fingerprint density at radius 2 is 2.35 bits per heavy atom. The van der Waals surface area contributed by atoms with Crippen molar-refractivity contribution in [2.75, 3.05) is 13.1 Å². The van der Waals surface area contributed by atoms with E-state index in [1.54, 1.807) is 0 Å². The molecule has 3 rings (SSSR count). The first-order chi connectivity index (χ1) is 8.33. The van der Waals surface area contributed by atoms with Crippen molar-refractivity contribution in [3.05, 3.63) is 29.6 Å². The van der Waals surface area contributed by atoms with Gasteiger partial charge >= 0.3 is 0 Å². The summed E-state index contributed by atoms with van der Waals surface area (Å²) in [5.41, 5.74) is 3.56. The minimum Gasteiger partial charge on any atom is -0.342 e. The van der Waals surface area contributed by atoms with Crippen molar-refractivity contribution in [3.8, 4) is 0 Å². The lowest BCUT2D eigenvalue weighted by atomic mass is 10.0. The number of para-hydroxylation sites is 1. The van der Waals surface area contributed by atoms with Crippen LogP contribution < -0.4 is 5.32 Å². The summed E-state index contributed by atoms with van der Waals surface area (Å²) < 4.78 is 0. The summed E-state index contributed by atoms with van der Waals surface area (Å²) in [7, 11) is 0. The number of aromatic amines is 1. The number of H-pyrrole nitrogens is 1. The number of imidazole rings is 1. The quantitative estimate of drug-likeness (QED) is 0.848. The minimum absolute atomic E-state index is 0.837. The van der Waals surface area contributed by atoms with Crippen molar-refractivity contribution in [3.63, 3.8) is 0 Å². The maximum Gasteiger partial charge on any atom is 0.107 e. The standard InChI is InChI=1S/C14H19N3/c1-10-3-2-4-12-14(10)17-13(16-12)6-5-11-7-8-15-9-11/h2-4,11,15H,5-9H2,1H3,(H,16,17). The second kappa shape index (κ2) is 4.49. The molecular weight excluding hydrogens is 210 g/mol. The van der Waals surface area contributed by atoms with Gasteiger partial charge in [-0.3, -0.25) is 0 Å². The van der Waals surface area contributed by atoms with Gasteiger partial charge in [-0.05, 0) is 50.4 Å². The first-order valence-corrected chi connectivity index (χ1v) is 6.48. The summed E-state index contributed by atoms with van der Waals surface area (Å²) in [5.74, 6) is 1.98. The van der Waals surface area contributed by atoms with Crippen LogP contribution in [-0.2, 0) is 6.42 Å². The highest BCUT2D eigenvalue weighted by atomic mass is 14.9. The smallest absolute Gasteiger partial charge is 0.107 e. The van der Waals surface area contributed by atoms with Crippen LogP contribution in [0.4, 0.5) is 0 Å². The molecule has 1 saturated heterocycles. The van der Waals surface area contributed by atoms with E-state index in [-0.39, 0.29) is 0 Å². The Bertz CT molecular complexity index is 509. The number of benzene rings is 1. The zero-order chi connectivity index (χ0) is 11.7. The SMILES string of the molecule is Cc1cccc2[nH]c(CCC3CCNC3)nc12. The Balaban J connectivity index is 1.74. The van der Waals surface area contributed by atoms with Gasteiger partial charge in [-0.25, -0.2) is 4.98 Å². The number of nitrogens with one attached hydrogen (secondary N) is 2. The number of aryl methyl sites for hydroxylation is 2. The summed E-state index contributed by atoms with van der Waals surface area (Å²) in [6, 6.07) is 6.31. The fourth-order valence-electron chi connectivity index (χ4n) is 2.65. The molecule has 0 saturated carbocycles. The van der Waals surface area contributed by atoms with Crippen LogP contribution in [0.1, 0.15) is 24.2 Å². The Morgan fingerprint density at radius 3 is 3.12 bits per heavy atom. The molecule has 0 spiro atoms. The van der Waals surface area contributed by atoms with Crippen molar-refractivity contribution in [1.82, 2.24) is 15.3 Å². The van der Waals surface area contributed by atoms with Crippen molar-refractivity contribution < 1.29 is 0 Å². The summed E-state index contributed by atoms with van der Waals surface area (Å²) >= 11 is 0. The molecule has 0 radical (unpaired) electrons. The molecule has 3 nitrogen and oxygen atoms in total. The molecule has 0 amide bonds. The molecule has 1 aromatic carbocycles. The summed E-state index contributed by atoms with van der Waals surface area (Å²) in [4.78, 5) is 8.13. The highest BCUT2D eigenvalue weighted by molar-refractivity contribution is 5.78. The van der Waals surface area contributed by atoms with Crippen LogP contribution in [0, 0.1) is 12.8 Å². The molecule has 17 heavy (non-hydrogen) atoms. The highest BCUT2D eigenvalue weighted by Crippen LogP contribution is 2.19. The molecule has 2 N–H and O–H groups in total. The maximum atomic E-state index is 4.70. The molecule has 1 aromatic heterocycles. The molecule has 1 unspecified atom stereocenters. The molecule has 0 bridgehead atoms. The topological polar surface area (TPSA) is 40.7 Å². The number of aromatic nitrogens is 2. The zero-order valence-corrected chi connectivity index (χ0v) is 10.3. The van der Waals surface area contributed by atoms with Crippen molar-refractivity contribution >= 4 is 11.0 Å². The third-order valence-electron chi connectivity index (χ3n) is 3.72. The molecule has 1 aliphatic rings. The molecule has 1 aliphatic heterocycles. The minimum atomic E-state index is 0.837. The van der Waals surface area contributed by atoms with Crippen LogP contribution in [0.25, 0.3) is 11.0 Å². The fourth-order valence-corrected chi connectivity index (χ4v) is 2.65. The number of fused-ring (bicyclic) bond motifs is 1. The Labute approximate surface area is 102 Å². The van der Waals surface area contributed by atoms with E-state index in [9.17, 15) is 0 Å². The highest BCUT2D eigenvalue weighted by Gasteiger charge is 2.15. The number of rotatable bonds is 3. The van der Waals surface area contributed by atoms with E-state index in [1.807, 2.05) is 0 Å². The normalized spacial score (nSPS) is 20.2. The van der Waals surface area contributed by atoms with Gasteiger partial charge in [0.25, 0.3) is 0 Å². The number of hydrogen-bond donors (Lipinski definition) is 2. The molecule has 1 atom stereocenters. The largest absolute Gasteiger partial charge is 0.342 e. The van der Waals surface area contributed by atoms with E-state index in [1.165, 1.54) is 37.0 Å². The molecule has 90 valence electrons. The predicted molar refractivity (Wildman–Crippen MR) is 70.1 cm³/mol. The van der Waals surface area contributed by atoms with Crippen LogP contribution in [-0.4, -0.2) is 23.1 Å². The molecule has 0 aliphatic carbocycles. The van der Waals surface area contributed by atoms with E-state index >= 15 is 0 Å². The number of nitrogens with zero attached hydrogens (tertiary/aromatic N) is 1. The third kappa shape index (κ3) is 2.20. The lowest BCUT2D eigenvalue weighted by molar-refractivity contribution is 0.526. The Kier molecular flexibility index (Phi) is 2.85. The van der Waals surface area contributed by atoms with E-state index in [4.69, 9.17) is 4.98 Å². The zero-order valence-electron chi connectivity index (χ0n) is 10.3. The van der Waals surface area contributed by atoms with Gasteiger partial charge in [0.2, 0.25) is 0 Å². The second-order valence-corrected chi connectivity index (χ2v) is 5.05. The Morgan fingerprint density at radius 1 is 1.41 bits per heavy atom. The van der Waals surface area contributed by atoms with Crippen LogP contribution in [0.2, 0.25) is 0 Å². The molecule has 1 fully saturated rings. The average Bonchev–Trinajstić information content (AvgIpc) is 2.95. The predicted octanol–water partition coefficient (Wildman–Crippen LogP) is 2.41. The third-order valence-corrected chi connectivity index (χ3v) is 3.72.